The Bertz CT molecular complexity index is 1040. The van der Waals surface area contributed by atoms with E-state index in [9.17, 15) is 4.79 Å². The molecule has 0 saturated carbocycles. The smallest absolute Gasteiger partial charge is 0.252 e. The van der Waals surface area contributed by atoms with Crippen LogP contribution < -0.4 is 5.43 Å². The molecule has 1 N–H and O–H groups in total. The molecule has 1 amide bonds. The molecule has 1 atom stereocenters. The van der Waals surface area contributed by atoms with E-state index in [0.717, 1.165) is 28.4 Å². The Morgan fingerprint density at radius 2 is 1.80 bits per heavy atom. The van der Waals surface area contributed by atoms with Crippen molar-refractivity contribution in [2.24, 2.45) is 5.10 Å². The van der Waals surface area contributed by atoms with Crippen molar-refractivity contribution in [1.82, 2.24) is 9.99 Å². The van der Waals surface area contributed by atoms with Crippen molar-refractivity contribution >= 4 is 47.1 Å². The number of aromatic nitrogens is 1. The Hall–Kier alpha value is -2.21. The van der Waals surface area contributed by atoms with Gasteiger partial charge >= 0.3 is 0 Å². The minimum Gasteiger partial charge on any atom is -0.318 e. The molecule has 0 saturated heterocycles. The molecule has 0 bridgehead atoms. The third-order valence-corrected chi connectivity index (χ3v) is 6.32. The molecule has 30 heavy (non-hydrogen) atoms. The van der Waals surface area contributed by atoms with Crippen molar-refractivity contribution < 1.29 is 4.79 Å². The number of nitrogens with one attached hydrogen (secondary N) is 1. The third kappa shape index (κ3) is 5.69. The van der Waals surface area contributed by atoms with Gasteiger partial charge in [-0.15, -0.1) is 11.8 Å². The second-order valence-corrected chi connectivity index (χ2v) is 9.16. The van der Waals surface area contributed by atoms with Gasteiger partial charge in [0.05, 0.1) is 11.5 Å². The second kappa shape index (κ2) is 10.2. The van der Waals surface area contributed by atoms with Gasteiger partial charge in [-0.25, -0.2) is 5.43 Å². The van der Waals surface area contributed by atoms with Crippen LogP contribution in [0.1, 0.15) is 29.4 Å². The summed E-state index contributed by atoms with van der Waals surface area (Å²) in [6.07, 6.45) is 1.66. The number of amides is 1. The van der Waals surface area contributed by atoms with Crippen molar-refractivity contribution in [2.45, 2.75) is 31.8 Å². The Labute approximate surface area is 191 Å². The van der Waals surface area contributed by atoms with E-state index in [1.165, 1.54) is 5.56 Å². The van der Waals surface area contributed by atoms with Crippen LogP contribution in [0.5, 0.6) is 0 Å². The molecule has 1 aromatic heterocycles. The molecule has 0 fully saturated rings. The Kier molecular flexibility index (Phi) is 7.64. The summed E-state index contributed by atoms with van der Waals surface area (Å²) in [5.74, 6) is 0.658. The zero-order valence-electron chi connectivity index (χ0n) is 17.0. The summed E-state index contributed by atoms with van der Waals surface area (Å²) in [7, 11) is 0. The highest BCUT2D eigenvalue weighted by molar-refractivity contribution is 7.99. The van der Waals surface area contributed by atoms with Crippen LogP contribution in [0.3, 0.4) is 0 Å². The lowest BCUT2D eigenvalue weighted by Crippen LogP contribution is -2.27. The van der Waals surface area contributed by atoms with E-state index in [4.69, 9.17) is 23.2 Å². The highest BCUT2D eigenvalue weighted by atomic mass is 35.5. The minimum atomic E-state index is -0.205. The summed E-state index contributed by atoms with van der Waals surface area (Å²) in [5, 5.41) is 5.11. The van der Waals surface area contributed by atoms with Gasteiger partial charge in [0.25, 0.3) is 5.91 Å². The lowest BCUT2D eigenvalue weighted by atomic mass is 10.2. The first-order chi connectivity index (χ1) is 14.3. The highest BCUT2D eigenvalue weighted by Crippen LogP contribution is 2.26. The molecule has 0 radical (unpaired) electrons. The van der Waals surface area contributed by atoms with Crippen LogP contribution in [0.2, 0.25) is 10.0 Å². The molecular weight excluding hydrogens is 437 g/mol. The van der Waals surface area contributed by atoms with Crippen LogP contribution in [0, 0.1) is 13.8 Å². The molecule has 2 aromatic carbocycles. The van der Waals surface area contributed by atoms with Crippen LogP contribution in [0.15, 0.2) is 59.7 Å². The normalized spacial score (nSPS) is 12.3. The topological polar surface area (TPSA) is 46.4 Å². The molecule has 7 heteroatoms. The van der Waals surface area contributed by atoms with Crippen molar-refractivity contribution in [3.8, 4) is 5.69 Å². The summed E-state index contributed by atoms with van der Waals surface area (Å²) in [6.45, 7) is 5.87. The summed E-state index contributed by atoms with van der Waals surface area (Å²) >= 11 is 13.9. The Morgan fingerprint density at radius 1 is 1.13 bits per heavy atom. The van der Waals surface area contributed by atoms with Crippen LogP contribution in [0.4, 0.5) is 0 Å². The number of aryl methyl sites for hydroxylation is 1. The lowest BCUT2D eigenvalue weighted by molar-refractivity contribution is -0.120. The quantitative estimate of drug-likeness (QED) is 0.338. The average Bonchev–Trinajstić information content (AvgIpc) is 2.99. The van der Waals surface area contributed by atoms with Gasteiger partial charge in [-0.05, 0) is 50.6 Å². The van der Waals surface area contributed by atoms with Crippen molar-refractivity contribution in [1.29, 1.82) is 0 Å². The van der Waals surface area contributed by atoms with Gasteiger partial charge in [-0.1, -0.05) is 53.5 Å². The lowest BCUT2D eigenvalue weighted by Gasteiger charge is -2.11. The largest absolute Gasteiger partial charge is 0.318 e. The zero-order chi connectivity index (χ0) is 21.7. The van der Waals surface area contributed by atoms with E-state index in [-0.39, 0.29) is 11.2 Å². The molecule has 156 valence electrons. The molecule has 1 heterocycles. The number of hydrogen-bond acceptors (Lipinski definition) is 3. The molecule has 3 rings (SSSR count). The monoisotopic (exact) mass is 459 g/mol. The minimum absolute atomic E-state index is 0.123. The first-order valence-electron chi connectivity index (χ1n) is 9.49. The first kappa shape index (κ1) is 22.5. The molecule has 0 aliphatic rings. The first-order valence-corrected chi connectivity index (χ1v) is 11.3. The number of nitrogens with zero attached hydrogens (tertiary/aromatic N) is 2. The van der Waals surface area contributed by atoms with Crippen molar-refractivity contribution in [2.75, 3.05) is 0 Å². The fourth-order valence-corrected chi connectivity index (χ4v) is 4.47. The van der Waals surface area contributed by atoms with E-state index in [0.29, 0.717) is 10.0 Å². The van der Waals surface area contributed by atoms with Gasteiger partial charge in [0, 0.05) is 38.4 Å². The maximum Gasteiger partial charge on any atom is 0.252 e. The molecule has 3 aromatic rings. The van der Waals surface area contributed by atoms with Gasteiger partial charge in [0.15, 0.2) is 0 Å². The van der Waals surface area contributed by atoms with E-state index >= 15 is 0 Å². The van der Waals surface area contributed by atoms with Crippen LogP contribution in [-0.4, -0.2) is 21.9 Å². The number of benzene rings is 2. The fraction of sp³-hybridized carbons (Fsp3) is 0.217. The number of halogens is 2. The molecule has 0 unspecified atom stereocenters. The summed E-state index contributed by atoms with van der Waals surface area (Å²) in [5.41, 5.74) is 7.63. The third-order valence-electron chi connectivity index (χ3n) is 4.67. The van der Waals surface area contributed by atoms with E-state index in [1.54, 1.807) is 24.0 Å². The number of carbonyl (C=O) groups is 1. The van der Waals surface area contributed by atoms with Crippen LogP contribution >= 0.6 is 35.0 Å². The standard InChI is InChI=1S/C23H23Cl2N3OS/c1-15-9-19(16(2)28(15)22-11-20(24)10-21(25)12-22)13-26-27-23(29)17(3)30-14-18-7-5-4-6-8-18/h4-13,17H,14H2,1-3H3,(H,27,29)/b26-13-/t17-/m1/s1. The van der Waals surface area contributed by atoms with Crippen molar-refractivity contribution in [3.63, 3.8) is 0 Å². The van der Waals surface area contributed by atoms with E-state index < -0.39 is 0 Å². The predicted octanol–water partition coefficient (Wildman–Crippen LogP) is 6.17. The molecule has 4 nitrogen and oxygen atoms in total. The maximum absolute atomic E-state index is 12.3. The number of carbonyl (C=O) groups excluding carboxylic acids is 1. The second-order valence-electron chi connectivity index (χ2n) is 6.96. The van der Waals surface area contributed by atoms with Crippen LogP contribution in [-0.2, 0) is 10.5 Å². The van der Waals surface area contributed by atoms with Gasteiger partial charge < -0.3 is 4.57 Å². The fourth-order valence-electron chi connectivity index (χ4n) is 3.11. The average molecular weight is 460 g/mol. The van der Waals surface area contributed by atoms with E-state index in [2.05, 4.69) is 27.2 Å². The van der Waals surface area contributed by atoms with Gasteiger partial charge in [0.1, 0.15) is 0 Å². The predicted molar refractivity (Wildman–Crippen MR) is 128 cm³/mol. The van der Waals surface area contributed by atoms with Gasteiger partial charge in [-0.3, -0.25) is 4.79 Å². The van der Waals surface area contributed by atoms with Gasteiger partial charge in [0.2, 0.25) is 0 Å². The zero-order valence-corrected chi connectivity index (χ0v) is 19.4. The number of rotatable bonds is 7. The van der Waals surface area contributed by atoms with Gasteiger partial charge in [-0.2, -0.15) is 5.10 Å². The SMILES string of the molecule is Cc1cc(/C=N\NC(=O)[C@@H](C)SCc2ccccc2)c(C)n1-c1cc(Cl)cc(Cl)c1. The van der Waals surface area contributed by atoms with E-state index in [1.807, 2.05) is 57.2 Å². The molecule has 0 spiro atoms. The number of hydrogen-bond donors (Lipinski definition) is 1. The number of thioether (sulfide) groups is 1. The summed E-state index contributed by atoms with van der Waals surface area (Å²) in [6, 6.07) is 17.5. The summed E-state index contributed by atoms with van der Waals surface area (Å²) < 4.78 is 2.05. The Morgan fingerprint density at radius 3 is 2.47 bits per heavy atom. The highest BCUT2D eigenvalue weighted by Gasteiger charge is 2.14. The molecular formula is C23H23Cl2N3OS. The molecule has 0 aliphatic heterocycles. The molecule has 0 aliphatic carbocycles. The number of hydrazone groups is 1. The van der Waals surface area contributed by atoms with Crippen molar-refractivity contribution in [3.05, 3.63) is 87.2 Å². The maximum atomic E-state index is 12.3. The Balaban J connectivity index is 1.64. The summed E-state index contributed by atoms with van der Waals surface area (Å²) in [4.78, 5) is 12.3. The van der Waals surface area contributed by atoms with Crippen LogP contribution in [0.25, 0.3) is 5.69 Å².